The van der Waals surface area contributed by atoms with E-state index in [0.29, 0.717) is 27.6 Å². The maximum Gasteiger partial charge on any atom is 0.527 e. The first-order valence-corrected chi connectivity index (χ1v) is 15.7. The number of phosphoric acid groups is 1. The number of amidine groups is 1. The van der Waals surface area contributed by atoms with E-state index in [1.54, 1.807) is 78.9 Å². The van der Waals surface area contributed by atoms with E-state index in [-0.39, 0.29) is 35.3 Å². The van der Waals surface area contributed by atoms with Crippen molar-refractivity contribution in [3.8, 4) is 22.6 Å². The molecule has 12 heteroatoms. The van der Waals surface area contributed by atoms with Gasteiger partial charge in [-0.1, -0.05) is 66.2 Å². The van der Waals surface area contributed by atoms with Crippen molar-refractivity contribution in [1.82, 2.24) is 3.97 Å². The van der Waals surface area contributed by atoms with Gasteiger partial charge in [0.05, 0.1) is 17.0 Å². The summed E-state index contributed by atoms with van der Waals surface area (Å²) in [6.07, 6.45) is 1.81. The molecule has 0 radical (unpaired) electrons. The largest absolute Gasteiger partial charge is 0.527 e. The van der Waals surface area contributed by atoms with E-state index < -0.39 is 17.8 Å². The third-order valence-electron chi connectivity index (χ3n) is 6.65. The standard InChI is InChI=1S/C30H28N3O7PS/c1-20-9-15-23(16-10-20)42(37,38)33-19-25(29-24(30(31)32)5-4-6-26(29)33)22-13-11-21(12-14-22)17-18-39-41(35,36)40-28-8-3-2-7-27(28)34/h2-16,19,34H,17-18H2,1H3,(H3,31,32)(H,35,36). The Morgan fingerprint density at radius 2 is 1.67 bits per heavy atom. The summed E-state index contributed by atoms with van der Waals surface area (Å²) < 4.78 is 50.9. The number of fused-ring (bicyclic) bond motifs is 1. The van der Waals surface area contributed by atoms with Gasteiger partial charge in [-0.3, -0.25) is 14.8 Å². The van der Waals surface area contributed by atoms with Crippen molar-refractivity contribution in [2.75, 3.05) is 6.61 Å². The zero-order valence-electron chi connectivity index (χ0n) is 22.5. The van der Waals surface area contributed by atoms with Crippen LogP contribution in [0.2, 0.25) is 0 Å². The molecule has 1 aromatic heterocycles. The van der Waals surface area contributed by atoms with Crippen molar-refractivity contribution >= 4 is 34.6 Å². The summed E-state index contributed by atoms with van der Waals surface area (Å²) in [5.41, 5.74) is 9.65. The minimum Gasteiger partial charge on any atom is -0.504 e. The fourth-order valence-electron chi connectivity index (χ4n) is 4.54. The quantitative estimate of drug-likeness (QED) is 0.0910. The van der Waals surface area contributed by atoms with Crippen molar-refractivity contribution in [2.45, 2.75) is 18.2 Å². The van der Waals surface area contributed by atoms with Crippen LogP contribution in [0.3, 0.4) is 0 Å². The SMILES string of the molecule is Cc1ccc(S(=O)(=O)n2cc(-c3ccc(CCOP(=O)(O)Oc4ccccc4O)cc3)c3c(C(=N)N)cccc32)cc1. The normalized spacial score (nSPS) is 13.1. The molecule has 0 amide bonds. The predicted molar refractivity (Wildman–Crippen MR) is 160 cm³/mol. The van der Waals surface area contributed by atoms with Gasteiger partial charge in [-0.2, -0.15) is 0 Å². The summed E-state index contributed by atoms with van der Waals surface area (Å²) in [4.78, 5) is 10.2. The number of aromatic hydroxyl groups is 1. The van der Waals surface area contributed by atoms with Crippen molar-refractivity contribution < 1.29 is 32.0 Å². The van der Waals surface area contributed by atoms with E-state index in [9.17, 15) is 23.0 Å². The number of hydrogen-bond acceptors (Lipinski definition) is 7. The highest BCUT2D eigenvalue weighted by Gasteiger charge is 2.25. The number of aryl methyl sites for hydroxylation is 1. The van der Waals surface area contributed by atoms with Crippen LogP contribution in [0.15, 0.2) is 102 Å². The van der Waals surface area contributed by atoms with Crippen molar-refractivity contribution in [3.05, 3.63) is 114 Å². The number of nitrogens with two attached hydrogens (primary N) is 1. The average Bonchev–Trinajstić information content (AvgIpc) is 3.35. The van der Waals surface area contributed by atoms with Gasteiger partial charge in [-0.05, 0) is 54.8 Å². The second-order valence-electron chi connectivity index (χ2n) is 9.58. The molecule has 1 heterocycles. The molecule has 216 valence electrons. The van der Waals surface area contributed by atoms with Gasteiger partial charge in [0.15, 0.2) is 11.5 Å². The van der Waals surface area contributed by atoms with Crippen LogP contribution in [-0.4, -0.2) is 34.8 Å². The lowest BCUT2D eigenvalue weighted by Gasteiger charge is -2.14. The second-order valence-corrected chi connectivity index (χ2v) is 12.8. The number of phosphoric ester groups is 1. The lowest BCUT2D eigenvalue weighted by atomic mass is 9.99. The molecule has 42 heavy (non-hydrogen) atoms. The minimum absolute atomic E-state index is 0.132. The molecule has 1 atom stereocenters. The zero-order chi connectivity index (χ0) is 30.1. The smallest absolute Gasteiger partial charge is 0.504 e. The Morgan fingerprint density at radius 1 is 0.976 bits per heavy atom. The van der Waals surface area contributed by atoms with Crippen LogP contribution in [0.25, 0.3) is 22.0 Å². The molecule has 0 aliphatic carbocycles. The Balaban J connectivity index is 1.42. The van der Waals surface area contributed by atoms with E-state index >= 15 is 0 Å². The Labute approximate surface area is 242 Å². The van der Waals surface area contributed by atoms with Crippen LogP contribution >= 0.6 is 7.82 Å². The second kappa shape index (κ2) is 11.5. The number of hydrogen-bond donors (Lipinski definition) is 4. The van der Waals surface area contributed by atoms with Crippen LogP contribution in [0.4, 0.5) is 0 Å². The topological polar surface area (TPSA) is 165 Å². The first-order valence-electron chi connectivity index (χ1n) is 12.8. The maximum absolute atomic E-state index is 13.7. The first kappa shape index (κ1) is 29.1. The van der Waals surface area contributed by atoms with Crippen LogP contribution < -0.4 is 10.3 Å². The first-order chi connectivity index (χ1) is 20.0. The molecule has 0 saturated heterocycles. The fraction of sp³-hybridized carbons (Fsp3) is 0.100. The number of benzene rings is 4. The fourth-order valence-corrected chi connectivity index (χ4v) is 6.68. The molecule has 5 rings (SSSR count). The summed E-state index contributed by atoms with van der Waals surface area (Å²) in [6.45, 7) is 1.74. The summed E-state index contributed by atoms with van der Waals surface area (Å²) in [7, 11) is -8.43. The molecule has 4 aromatic carbocycles. The molecule has 1 unspecified atom stereocenters. The van der Waals surface area contributed by atoms with Gasteiger partial charge in [0.2, 0.25) is 0 Å². The molecular formula is C30H28N3O7PS. The van der Waals surface area contributed by atoms with Gasteiger partial charge >= 0.3 is 7.82 Å². The van der Waals surface area contributed by atoms with Gasteiger partial charge in [0, 0.05) is 22.7 Å². The van der Waals surface area contributed by atoms with Gasteiger partial charge in [-0.25, -0.2) is 17.0 Å². The average molecular weight is 606 g/mol. The molecule has 0 aliphatic heterocycles. The van der Waals surface area contributed by atoms with Gasteiger partial charge in [0.1, 0.15) is 5.84 Å². The van der Waals surface area contributed by atoms with Crippen LogP contribution in [-0.2, 0) is 25.5 Å². The number of phenols is 1. The highest BCUT2D eigenvalue weighted by molar-refractivity contribution is 7.90. The third kappa shape index (κ3) is 5.95. The van der Waals surface area contributed by atoms with Gasteiger partial charge < -0.3 is 15.4 Å². The number of nitrogens with one attached hydrogen (secondary N) is 1. The number of phenolic OH excluding ortho intramolecular Hbond substituents is 1. The lowest BCUT2D eigenvalue weighted by Crippen LogP contribution is -2.13. The van der Waals surface area contributed by atoms with E-state index in [2.05, 4.69) is 0 Å². The Bertz CT molecular complexity index is 1940. The van der Waals surface area contributed by atoms with Crippen LogP contribution in [0, 0.1) is 12.3 Å². The van der Waals surface area contributed by atoms with E-state index in [0.717, 1.165) is 11.1 Å². The lowest BCUT2D eigenvalue weighted by molar-refractivity contribution is 0.203. The van der Waals surface area contributed by atoms with E-state index in [1.165, 1.54) is 22.3 Å². The summed E-state index contributed by atoms with van der Waals surface area (Å²) in [5, 5.41) is 18.4. The van der Waals surface area contributed by atoms with Crippen molar-refractivity contribution in [3.63, 3.8) is 0 Å². The Kier molecular flexibility index (Phi) is 7.94. The monoisotopic (exact) mass is 605 g/mol. The van der Waals surface area contributed by atoms with Gasteiger partial charge in [-0.15, -0.1) is 0 Å². The number of nitrogen functional groups attached to an aromatic ring is 1. The van der Waals surface area contributed by atoms with Crippen molar-refractivity contribution in [1.29, 1.82) is 5.41 Å². The summed E-state index contributed by atoms with van der Waals surface area (Å²) in [6, 6.07) is 24.5. The number of aromatic nitrogens is 1. The number of rotatable bonds is 10. The summed E-state index contributed by atoms with van der Waals surface area (Å²) >= 11 is 0. The molecule has 0 aliphatic rings. The maximum atomic E-state index is 13.7. The molecular weight excluding hydrogens is 577 g/mol. The Hall–Kier alpha value is -4.41. The molecule has 5 N–H and O–H groups in total. The zero-order valence-corrected chi connectivity index (χ0v) is 24.2. The molecule has 0 fully saturated rings. The summed E-state index contributed by atoms with van der Waals surface area (Å²) in [5.74, 6) is -0.645. The molecule has 0 spiro atoms. The highest BCUT2D eigenvalue weighted by atomic mass is 32.2. The van der Waals surface area contributed by atoms with Crippen molar-refractivity contribution in [2.24, 2.45) is 5.73 Å². The van der Waals surface area contributed by atoms with E-state index in [4.69, 9.17) is 20.2 Å². The number of nitrogens with zero attached hydrogens (tertiary/aromatic N) is 1. The molecule has 0 saturated carbocycles. The van der Waals surface area contributed by atoms with Crippen LogP contribution in [0.5, 0.6) is 11.5 Å². The van der Waals surface area contributed by atoms with Gasteiger partial charge in [0.25, 0.3) is 10.0 Å². The predicted octanol–water partition coefficient (Wildman–Crippen LogP) is 5.58. The van der Waals surface area contributed by atoms with Crippen LogP contribution in [0.1, 0.15) is 16.7 Å². The Morgan fingerprint density at radius 3 is 2.33 bits per heavy atom. The third-order valence-corrected chi connectivity index (χ3v) is 9.28. The minimum atomic E-state index is -4.47. The number of para-hydroxylation sites is 2. The molecule has 0 bridgehead atoms. The molecule has 10 nitrogen and oxygen atoms in total. The molecule has 5 aromatic rings. The van der Waals surface area contributed by atoms with E-state index in [1.807, 2.05) is 6.92 Å². The highest BCUT2D eigenvalue weighted by Crippen LogP contribution is 2.46.